The van der Waals surface area contributed by atoms with E-state index in [1.165, 1.54) is 14.2 Å². The molecule has 10 atom stereocenters. The average molecular weight is 799 g/mol. The minimum absolute atomic E-state index is 0.0790. The van der Waals surface area contributed by atoms with Crippen molar-refractivity contribution >= 4 is 45.8 Å². The molecule has 6 fully saturated rings. The smallest absolute Gasteiger partial charge is 0.407 e. The number of methoxy groups -OCH3 is 2. The van der Waals surface area contributed by atoms with Crippen molar-refractivity contribution in [1.82, 2.24) is 40.4 Å². The first kappa shape index (κ1) is 37.4. The Morgan fingerprint density at radius 1 is 0.729 bits per heavy atom. The predicted octanol–water partition coefficient (Wildman–Crippen LogP) is 6.71. The van der Waals surface area contributed by atoms with Crippen LogP contribution in [0.4, 0.5) is 9.59 Å². The van der Waals surface area contributed by atoms with E-state index in [0.29, 0.717) is 23.7 Å². The van der Waals surface area contributed by atoms with Gasteiger partial charge in [-0.05, 0) is 89.0 Å². The Labute approximate surface area is 341 Å². The minimum Gasteiger partial charge on any atom is -0.453 e. The maximum absolute atomic E-state index is 14.1. The Morgan fingerprint density at radius 3 is 2.03 bits per heavy atom. The molecule has 14 nitrogen and oxygen atoms in total. The SMILES string of the molecule is COC(=O)N[C@H](C(=O)N1[C@@H]2CC[C@@H](C2)[C@H]1c1nc2ccc3cc(-c4ccc(-c5cnc([C@@H]6C7C8[C@H]7[C@@H]8N6C(=O)[C@@H](NC(=O)OC)C(C)C)[nH]5)cc4)ccc3c2[nH]1)C(C)C. The number of carbonyl (C=O) groups excluding carboxylic acids is 4. The molecular weight excluding hydrogens is 749 g/mol. The zero-order valence-corrected chi connectivity index (χ0v) is 34.1. The molecule has 14 heteroatoms. The molecule has 0 radical (unpaired) electrons. The number of imidazole rings is 2. The molecule has 2 unspecified atom stereocenters. The third kappa shape index (κ3) is 5.96. The van der Waals surface area contributed by atoms with Crippen molar-refractivity contribution in [2.45, 2.75) is 83.2 Å². The molecule has 4 N–H and O–H groups in total. The van der Waals surface area contributed by atoms with Gasteiger partial charge in [-0.1, -0.05) is 70.2 Å². The number of ether oxygens (including phenoxy) is 2. The van der Waals surface area contributed by atoms with Crippen LogP contribution >= 0.6 is 0 Å². The molecule has 3 aromatic carbocycles. The van der Waals surface area contributed by atoms with Gasteiger partial charge < -0.3 is 39.9 Å². The molecule has 4 bridgehead atoms. The van der Waals surface area contributed by atoms with Gasteiger partial charge in [0, 0.05) is 17.5 Å². The molecule has 3 aliphatic heterocycles. The lowest BCUT2D eigenvalue weighted by Gasteiger charge is -2.37. The summed E-state index contributed by atoms with van der Waals surface area (Å²) in [5.74, 6) is 2.98. The van der Waals surface area contributed by atoms with Gasteiger partial charge in [0.1, 0.15) is 23.7 Å². The number of H-pyrrole nitrogens is 2. The number of hydrogen-bond donors (Lipinski definition) is 4. The van der Waals surface area contributed by atoms with Crippen molar-refractivity contribution in [2.75, 3.05) is 14.2 Å². The normalized spacial score (nSPS) is 27.0. The highest BCUT2D eigenvalue weighted by molar-refractivity contribution is 6.05. The van der Waals surface area contributed by atoms with Crippen molar-refractivity contribution in [1.29, 1.82) is 0 Å². The van der Waals surface area contributed by atoms with Gasteiger partial charge in [-0.25, -0.2) is 19.6 Å². The summed E-state index contributed by atoms with van der Waals surface area (Å²) in [7, 11) is 2.62. The summed E-state index contributed by atoms with van der Waals surface area (Å²) in [5.41, 5.74) is 5.84. The van der Waals surface area contributed by atoms with Gasteiger partial charge in [-0.3, -0.25) is 9.59 Å². The van der Waals surface area contributed by atoms with Crippen molar-refractivity contribution in [3.63, 3.8) is 0 Å². The van der Waals surface area contributed by atoms with Crippen LogP contribution in [0.3, 0.4) is 0 Å². The number of alkyl carbamates (subject to hydrolysis) is 2. The number of piperidine rings is 2. The van der Waals surface area contributed by atoms with Gasteiger partial charge >= 0.3 is 12.2 Å². The molecule has 11 rings (SSSR count). The van der Waals surface area contributed by atoms with Crippen molar-refractivity contribution < 1.29 is 28.7 Å². The Kier molecular flexibility index (Phi) is 8.76. The standard InChI is InChI=1S/C45H50N8O6/c1-20(2)34(50-44(56)58-5)42(54)52-27-14-11-26(18-27)37(52)41-47-29-16-13-25-17-24(12-15-28(25)36(29)49-41)22-7-9-23(10-8-22)30-19-46-40(48-30)39-33-31-32(33)38(31)53(39)43(55)35(21(3)4)51-45(57)59-6/h7-10,12-13,15-17,19-21,26-27,31-35,37-39H,11,14,18H2,1-6H3,(H,46,48)(H,47,49)(H,50,56)(H,51,57)/t26-,27+,31+,32?,33?,34-,35-,37-,38-,39-/m0/s1. The quantitative estimate of drug-likeness (QED) is 0.121. The summed E-state index contributed by atoms with van der Waals surface area (Å²) in [5, 5.41) is 7.66. The summed E-state index contributed by atoms with van der Waals surface area (Å²) in [4.78, 5) is 73.1. The van der Waals surface area contributed by atoms with Gasteiger partial charge in [0.15, 0.2) is 0 Å². The van der Waals surface area contributed by atoms with E-state index in [4.69, 9.17) is 19.4 Å². The number of carbonyl (C=O) groups is 4. The Balaban J connectivity index is 0.874. The number of likely N-dealkylation sites (tertiary alicyclic amines) is 1. The zero-order chi connectivity index (χ0) is 41.0. The van der Waals surface area contributed by atoms with Crippen LogP contribution in [0.5, 0.6) is 0 Å². The van der Waals surface area contributed by atoms with E-state index in [9.17, 15) is 19.2 Å². The Hall–Kier alpha value is -5.92. The second-order valence-electron chi connectivity index (χ2n) is 17.8. The number of nitrogens with one attached hydrogen (secondary N) is 4. The highest BCUT2D eigenvalue weighted by atomic mass is 16.5. The van der Waals surface area contributed by atoms with E-state index in [1.54, 1.807) is 0 Å². The van der Waals surface area contributed by atoms with Crippen LogP contribution in [0.2, 0.25) is 0 Å². The maximum atomic E-state index is 14.1. The Morgan fingerprint density at radius 2 is 1.37 bits per heavy atom. The molecule has 306 valence electrons. The lowest BCUT2D eigenvalue weighted by atomic mass is 9.95. The lowest BCUT2D eigenvalue weighted by Crippen LogP contribution is -2.54. The summed E-state index contributed by atoms with van der Waals surface area (Å²) >= 11 is 0. The van der Waals surface area contributed by atoms with Crippen LogP contribution in [-0.4, -0.2) is 92.1 Å². The van der Waals surface area contributed by atoms with Crippen molar-refractivity contribution in [3.05, 3.63) is 72.4 Å². The fraction of sp³-hybridized carbons (Fsp3) is 0.467. The molecule has 59 heavy (non-hydrogen) atoms. The first-order valence-electron chi connectivity index (χ1n) is 20.9. The summed E-state index contributed by atoms with van der Waals surface area (Å²) in [6.07, 6.45) is 3.55. The van der Waals surface area contributed by atoms with E-state index in [-0.39, 0.29) is 47.8 Å². The molecular formula is C45H50N8O6. The zero-order valence-electron chi connectivity index (χ0n) is 34.1. The third-order valence-electron chi connectivity index (χ3n) is 13.9. The van der Waals surface area contributed by atoms with Gasteiger partial charge in [-0.2, -0.15) is 0 Å². The predicted molar refractivity (Wildman–Crippen MR) is 220 cm³/mol. The number of amides is 4. The molecule has 5 heterocycles. The van der Waals surface area contributed by atoms with Crippen LogP contribution in [-0.2, 0) is 19.1 Å². The summed E-state index contributed by atoms with van der Waals surface area (Å²) < 4.78 is 9.66. The number of fused-ring (bicyclic) bond motifs is 6. The second kappa shape index (κ2) is 13.8. The fourth-order valence-corrected chi connectivity index (χ4v) is 10.8. The van der Waals surface area contributed by atoms with E-state index in [2.05, 4.69) is 69.1 Å². The summed E-state index contributed by atoms with van der Waals surface area (Å²) in [6, 6.07) is 17.7. The number of rotatable bonds is 10. The van der Waals surface area contributed by atoms with E-state index in [1.807, 2.05) is 49.8 Å². The van der Waals surface area contributed by atoms with Crippen LogP contribution in [0.25, 0.3) is 44.2 Å². The van der Waals surface area contributed by atoms with Gasteiger partial charge in [0.2, 0.25) is 11.8 Å². The van der Waals surface area contributed by atoms with Crippen LogP contribution in [0.15, 0.2) is 60.8 Å². The largest absolute Gasteiger partial charge is 0.453 e. The number of benzene rings is 3. The monoisotopic (exact) mass is 798 g/mol. The number of hydrogen-bond acceptors (Lipinski definition) is 8. The molecule has 4 amide bonds. The highest BCUT2D eigenvalue weighted by Gasteiger charge is 2.85. The molecule has 3 aliphatic carbocycles. The van der Waals surface area contributed by atoms with E-state index in [0.717, 1.165) is 75.1 Å². The van der Waals surface area contributed by atoms with Gasteiger partial charge in [0.05, 0.1) is 49.2 Å². The first-order valence-corrected chi connectivity index (χ1v) is 20.9. The van der Waals surface area contributed by atoms with Crippen LogP contribution in [0, 0.1) is 35.5 Å². The Bertz CT molecular complexity index is 2500. The molecule has 6 aliphatic rings. The third-order valence-corrected chi connectivity index (χ3v) is 13.9. The lowest BCUT2D eigenvalue weighted by molar-refractivity contribution is -0.139. The first-order chi connectivity index (χ1) is 28.5. The fourth-order valence-electron chi connectivity index (χ4n) is 10.8. The van der Waals surface area contributed by atoms with Crippen molar-refractivity contribution in [2.24, 2.45) is 35.5 Å². The van der Waals surface area contributed by atoms with Crippen LogP contribution in [0.1, 0.15) is 70.7 Å². The van der Waals surface area contributed by atoms with E-state index >= 15 is 0 Å². The summed E-state index contributed by atoms with van der Waals surface area (Å²) in [6.45, 7) is 7.73. The molecule has 3 saturated carbocycles. The molecule has 5 aromatic rings. The van der Waals surface area contributed by atoms with E-state index < -0.39 is 24.3 Å². The average Bonchev–Trinajstić information content (AvgIpc) is 3.69. The maximum Gasteiger partial charge on any atom is 0.407 e. The number of aromatic amines is 2. The molecule has 2 aromatic heterocycles. The highest BCUT2D eigenvalue weighted by Crippen LogP contribution is 2.81. The van der Waals surface area contributed by atoms with Crippen LogP contribution < -0.4 is 10.6 Å². The van der Waals surface area contributed by atoms with Crippen molar-refractivity contribution in [3.8, 4) is 22.4 Å². The minimum atomic E-state index is -0.688. The molecule has 0 spiro atoms. The van der Waals surface area contributed by atoms with Gasteiger partial charge in [-0.15, -0.1) is 0 Å². The topological polar surface area (TPSA) is 175 Å². The van der Waals surface area contributed by atoms with Gasteiger partial charge in [0.25, 0.3) is 0 Å². The number of aromatic nitrogens is 4. The number of nitrogens with zero attached hydrogens (tertiary/aromatic N) is 4. The second-order valence-corrected chi connectivity index (χ2v) is 17.8. The molecule has 3 saturated heterocycles.